The molecule has 0 heterocycles. The van der Waals surface area contributed by atoms with Gasteiger partial charge in [0.15, 0.2) is 0 Å². The van der Waals surface area contributed by atoms with Crippen LogP contribution in [0.3, 0.4) is 0 Å². The molecule has 1 aromatic carbocycles. The molecule has 4 bridgehead atoms. The van der Waals surface area contributed by atoms with Crippen molar-refractivity contribution in [2.24, 2.45) is 29.0 Å². The number of nitrogens with two attached hydrogens (primary N) is 1. The zero-order valence-corrected chi connectivity index (χ0v) is 12.9. The van der Waals surface area contributed by atoms with Gasteiger partial charge in [-0.2, -0.15) is 0 Å². The fourth-order valence-electron chi connectivity index (χ4n) is 6.13. The molecule has 5 rings (SSSR count). The van der Waals surface area contributed by atoms with Gasteiger partial charge in [-0.1, -0.05) is 30.3 Å². The summed E-state index contributed by atoms with van der Waals surface area (Å²) in [5, 5.41) is 0. The summed E-state index contributed by atoms with van der Waals surface area (Å²) in [5.74, 6) is 9.02. The van der Waals surface area contributed by atoms with Crippen LogP contribution in [0, 0.1) is 23.2 Å². The van der Waals surface area contributed by atoms with Gasteiger partial charge in [0.25, 0.3) is 0 Å². The molecule has 4 aliphatic rings. The minimum atomic E-state index is 0.506. The number of rotatable bonds is 5. The number of benzene rings is 1. The number of hydrazine groups is 1. The first-order chi connectivity index (χ1) is 10.3. The Morgan fingerprint density at radius 3 is 2.10 bits per heavy atom. The average molecular weight is 284 g/mol. The van der Waals surface area contributed by atoms with E-state index in [0.717, 1.165) is 24.2 Å². The molecule has 0 amide bonds. The monoisotopic (exact) mass is 284 g/mol. The van der Waals surface area contributed by atoms with Crippen molar-refractivity contribution in [2.45, 2.75) is 57.4 Å². The van der Waals surface area contributed by atoms with Crippen LogP contribution < -0.4 is 11.3 Å². The summed E-state index contributed by atoms with van der Waals surface area (Å²) in [6.45, 7) is 0. The summed E-state index contributed by atoms with van der Waals surface area (Å²) in [7, 11) is 0. The van der Waals surface area contributed by atoms with E-state index in [4.69, 9.17) is 5.84 Å². The van der Waals surface area contributed by atoms with Gasteiger partial charge >= 0.3 is 0 Å². The molecule has 0 aliphatic heterocycles. The molecule has 3 N–H and O–H groups in total. The molecule has 0 aromatic heterocycles. The lowest BCUT2D eigenvalue weighted by Crippen LogP contribution is -2.57. The highest BCUT2D eigenvalue weighted by Gasteiger charge is 2.53. The van der Waals surface area contributed by atoms with Crippen LogP contribution in [0.2, 0.25) is 0 Å². The molecule has 2 nitrogen and oxygen atoms in total. The third-order valence-corrected chi connectivity index (χ3v) is 6.59. The van der Waals surface area contributed by atoms with E-state index in [0.29, 0.717) is 11.5 Å². The Balaban J connectivity index is 1.48. The lowest BCUT2D eigenvalue weighted by molar-refractivity contribution is -0.0752. The van der Waals surface area contributed by atoms with Crippen molar-refractivity contribution in [3.63, 3.8) is 0 Å². The average Bonchev–Trinajstić information content (AvgIpc) is 2.47. The molecular weight excluding hydrogens is 256 g/mol. The van der Waals surface area contributed by atoms with E-state index in [1.165, 1.54) is 50.5 Å². The predicted molar refractivity (Wildman–Crippen MR) is 86.5 cm³/mol. The maximum absolute atomic E-state index is 6.01. The van der Waals surface area contributed by atoms with Gasteiger partial charge in [-0.15, -0.1) is 0 Å². The Bertz CT molecular complexity index is 446. The molecule has 0 spiro atoms. The second-order valence-electron chi connectivity index (χ2n) is 8.02. The highest BCUT2D eigenvalue weighted by atomic mass is 15.2. The lowest BCUT2D eigenvalue weighted by Gasteiger charge is -2.59. The normalized spacial score (nSPS) is 38.6. The molecule has 21 heavy (non-hydrogen) atoms. The van der Waals surface area contributed by atoms with Crippen molar-refractivity contribution in [3.05, 3.63) is 35.9 Å². The van der Waals surface area contributed by atoms with E-state index in [-0.39, 0.29) is 0 Å². The molecule has 4 saturated carbocycles. The smallest absolute Gasteiger partial charge is 0.0270 e. The van der Waals surface area contributed by atoms with Crippen LogP contribution in [-0.4, -0.2) is 6.04 Å². The minimum Gasteiger partial charge on any atom is -0.271 e. The Morgan fingerprint density at radius 2 is 1.57 bits per heavy atom. The first kappa shape index (κ1) is 13.8. The molecule has 114 valence electrons. The maximum Gasteiger partial charge on any atom is 0.0270 e. The largest absolute Gasteiger partial charge is 0.271 e. The molecule has 1 atom stereocenters. The van der Waals surface area contributed by atoms with E-state index in [9.17, 15) is 0 Å². The summed E-state index contributed by atoms with van der Waals surface area (Å²) < 4.78 is 0. The zero-order valence-electron chi connectivity index (χ0n) is 12.9. The topological polar surface area (TPSA) is 38.0 Å². The number of hydrogen-bond acceptors (Lipinski definition) is 2. The van der Waals surface area contributed by atoms with Crippen molar-refractivity contribution in [1.82, 2.24) is 5.43 Å². The molecule has 4 fully saturated rings. The number of nitrogens with one attached hydrogen (secondary N) is 1. The van der Waals surface area contributed by atoms with Gasteiger partial charge in [-0.05, 0) is 80.1 Å². The molecule has 1 unspecified atom stereocenters. The van der Waals surface area contributed by atoms with Crippen molar-refractivity contribution in [1.29, 1.82) is 0 Å². The van der Waals surface area contributed by atoms with Gasteiger partial charge in [0, 0.05) is 6.04 Å². The highest BCUT2D eigenvalue weighted by Crippen LogP contribution is 2.61. The minimum absolute atomic E-state index is 0.506. The van der Waals surface area contributed by atoms with Gasteiger partial charge in [0.1, 0.15) is 0 Å². The van der Waals surface area contributed by atoms with Gasteiger partial charge in [0.05, 0.1) is 0 Å². The number of hydrogen-bond donors (Lipinski definition) is 2. The standard InChI is InChI=1S/C19H28N2/c20-21-18(7-6-14-4-2-1-3-5-14)19-11-15-8-16(12-19)10-17(9-15)13-19/h1-5,15-18,21H,6-13,20H2. The molecule has 0 saturated heterocycles. The second kappa shape index (κ2) is 5.40. The van der Waals surface area contributed by atoms with Crippen molar-refractivity contribution in [2.75, 3.05) is 0 Å². The van der Waals surface area contributed by atoms with Crippen molar-refractivity contribution in [3.8, 4) is 0 Å². The Kier molecular flexibility index (Phi) is 3.55. The Labute approximate surface area is 128 Å². The molecule has 1 aromatic rings. The maximum atomic E-state index is 6.01. The van der Waals surface area contributed by atoms with Crippen molar-refractivity contribution >= 4 is 0 Å². The fourth-order valence-corrected chi connectivity index (χ4v) is 6.13. The molecule has 0 radical (unpaired) electrons. The molecular formula is C19H28N2. The van der Waals surface area contributed by atoms with Gasteiger partial charge < -0.3 is 0 Å². The summed E-state index contributed by atoms with van der Waals surface area (Å²) in [4.78, 5) is 0. The van der Waals surface area contributed by atoms with Crippen LogP contribution >= 0.6 is 0 Å². The first-order valence-electron chi connectivity index (χ1n) is 8.77. The summed E-state index contributed by atoms with van der Waals surface area (Å²) in [6.07, 6.45) is 11.2. The van der Waals surface area contributed by atoms with Gasteiger partial charge in [-0.25, -0.2) is 0 Å². The summed E-state index contributed by atoms with van der Waals surface area (Å²) >= 11 is 0. The van der Waals surface area contributed by atoms with Crippen LogP contribution in [-0.2, 0) is 6.42 Å². The highest BCUT2D eigenvalue weighted by molar-refractivity contribution is 5.15. The van der Waals surface area contributed by atoms with E-state index < -0.39 is 0 Å². The van der Waals surface area contributed by atoms with E-state index in [1.807, 2.05) is 0 Å². The molecule has 4 aliphatic carbocycles. The third-order valence-electron chi connectivity index (χ3n) is 6.59. The van der Waals surface area contributed by atoms with Crippen LogP contribution in [0.25, 0.3) is 0 Å². The zero-order chi connectivity index (χ0) is 14.3. The first-order valence-corrected chi connectivity index (χ1v) is 8.77. The fraction of sp³-hybridized carbons (Fsp3) is 0.684. The predicted octanol–water partition coefficient (Wildman–Crippen LogP) is 3.67. The van der Waals surface area contributed by atoms with Crippen LogP contribution in [0.5, 0.6) is 0 Å². The van der Waals surface area contributed by atoms with Crippen LogP contribution in [0.1, 0.15) is 50.5 Å². The second-order valence-corrected chi connectivity index (χ2v) is 8.02. The summed E-state index contributed by atoms with van der Waals surface area (Å²) in [6, 6.07) is 11.4. The third kappa shape index (κ3) is 2.53. The van der Waals surface area contributed by atoms with Crippen LogP contribution in [0.15, 0.2) is 30.3 Å². The van der Waals surface area contributed by atoms with Gasteiger partial charge in [0.2, 0.25) is 0 Å². The Morgan fingerprint density at radius 1 is 1.00 bits per heavy atom. The van der Waals surface area contributed by atoms with Crippen molar-refractivity contribution < 1.29 is 0 Å². The Hall–Kier alpha value is -0.860. The SMILES string of the molecule is NNC(CCc1ccccc1)C12CC3CC(CC(C3)C1)C2. The van der Waals surface area contributed by atoms with Gasteiger partial charge in [-0.3, -0.25) is 11.3 Å². The quantitative estimate of drug-likeness (QED) is 0.639. The number of aryl methyl sites for hydroxylation is 1. The lowest BCUT2D eigenvalue weighted by atomic mass is 9.47. The summed E-state index contributed by atoms with van der Waals surface area (Å²) in [5.41, 5.74) is 5.19. The van der Waals surface area contributed by atoms with E-state index in [2.05, 4.69) is 35.8 Å². The molecule has 2 heteroatoms. The van der Waals surface area contributed by atoms with E-state index >= 15 is 0 Å². The van der Waals surface area contributed by atoms with Crippen LogP contribution in [0.4, 0.5) is 0 Å². The van der Waals surface area contributed by atoms with E-state index in [1.54, 1.807) is 0 Å².